The molecule has 2 atom stereocenters. The van der Waals surface area contributed by atoms with Gasteiger partial charge in [0, 0.05) is 17.1 Å². The van der Waals surface area contributed by atoms with Crippen LogP contribution in [-0.2, 0) is 10.0 Å². The van der Waals surface area contributed by atoms with Crippen molar-refractivity contribution >= 4 is 26.0 Å². The second kappa shape index (κ2) is 5.91. The highest BCUT2D eigenvalue weighted by Gasteiger charge is 2.34. The van der Waals surface area contributed by atoms with E-state index in [4.69, 9.17) is 5.73 Å². The number of sulfonamides is 1. The van der Waals surface area contributed by atoms with Crippen molar-refractivity contribution in [3.63, 3.8) is 0 Å². The van der Waals surface area contributed by atoms with E-state index < -0.39 is 10.0 Å². The Balaban J connectivity index is 2.29. The SMILES string of the molecule is CC1CCC(CN)CN1S(=O)(=O)c1ccc(Br)cc1. The Labute approximate surface area is 123 Å². The van der Waals surface area contributed by atoms with E-state index in [-0.39, 0.29) is 12.0 Å². The Kier molecular flexibility index (Phi) is 4.66. The van der Waals surface area contributed by atoms with Gasteiger partial charge in [0.25, 0.3) is 0 Å². The maximum Gasteiger partial charge on any atom is 0.243 e. The number of halogens is 1. The number of nitrogens with two attached hydrogens (primary N) is 1. The average Bonchev–Trinajstić information content (AvgIpc) is 2.39. The molecule has 1 aliphatic heterocycles. The summed E-state index contributed by atoms with van der Waals surface area (Å²) in [4.78, 5) is 0.347. The van der Waals surface area contributed by atoms with E-state index in [0.29, 0.717) is 18.0 Å². The summed E-state index contributed by atoms with van der Waals surface area (Å²) in [5.41, 5.74) is 5.69. The van der Waals surface area contributed by atoms with Gasteiger partial charge in [0.15, 0.2) is 0 Å². The lowest BCUT2D eigenvalue weighted by molar-refractivity contribution is 0.211. The van der Waals surface area contributed by atoms with Crippen molar-refractivity contribution in [1.29, 1.82) is 0 Å². The minimum Gasteiger partial charge on any atom is -0.330 e. The molecule has 0 aliphatic carbocycles. The molecular formula is C13H19BrN2O2S. The summed E-state index contributed by atoms with van der Waals surface area (Å²) < 4.78 is 27.7. The lowest BCUT2D eigenvalue weighted by atomic mass is 9.96. The van der Waals surface area contributed by atoms with Crippen LogP contribution in [0.2, 0.25) is 0 Å². The van der Waals surface area contributed by atoms with Crippen molar-refractivity contribution in [3.8, 4) is 0 Å². The second-order valence-corrected chi connectivity index (χ2v) is 7.86. The molecule has 106 valence electrons. The molecular weight excluding hydrogens is 328 g/mol. The minimum absolute atomic E-state index is 0.0384. The van der Waals surface area contributed by atoms with Crippen LogP contribution in [0, 0.1) is 5.92 Å². The Hall–Kier alpha value is -0.430. The molecule has 1 fully saturated rings. The maximum absolute atomic E-state index is 12.6. The predicted octanol–water partition coefficient (Wildman–Crippen LogP) is 2.20. The lowest BCUT2D eigenvalue weighted by Crippen LogP contribution is -2.46. The van der Waals surface area contributed by atoms with Gasteiger partial charge in [0.2, 0.25) is 10.0 Å². The van der Waals surface area contributed by atoms with Gasteiger partial charge in [-0.15, -0.1) is 0 Å². The van der Waals surface area contributed by atoms with Gasteiger partial charge in [0.05, 0.1) is 4.90 Å². The van der Waals surface area contributed by atoms with Crippen LogP contribution in [0.1, 0.15) is 19.8 Å². The molecule has 0 spiro atoms. The third-order valence-corrected chi connectivity index (χ3v) is 6.20. The molecule has 1 heterocycles. The zero-order chi connectivity index (χ0) is 14.0. The molecule has 19 heavy (non-hydrogen) atoms. The number of hydrogen-bond acceptors (Lipinski definition) is 3. The van der Waals surface area contributed by atoms with Crippen LogP contribution in [0.15, 0.2) is 33.6 Å². The summed E-state index contributed by atoms with van der Waals surface area (Å²) >= 11 is 3.32. The third-order valence-electron chi connectivity index (χ3n) is 3.68. The first kappa shape index (κ1) is 15.0. The number of nitrogens with zero attached hydrogens (tertiary/aromatic N) is 1. The van der Waals surface area contributed by atoms with E-state index in [1.807, 2.05) is 6.92 Å². The van der Waals surface area contributed by atoms with Crippen LogP contribution in [0.25, 0.3) is 0 Å². The van der Waals surface area contributed by atoms with E-state index in [2.05, 4.69) is 15.9 Å². The average molecular weight is 347 g/mol. The van der Waals surface area contributed by atoms with Crippen molar-refractivity contribution in [2.24, 2.45) is 11.7 Å². The first-order valence-corrected chi connectivity index (χ1v) is 8.66. The van der Waals surface area contributed by atoms with Gasteiger partial charge in [-0.1, -0.05) is 15.9 Å². The highest BCUT2D eigenvalue weighted by molar-refractivity contribution is 9.10. The van der Waals surface area contributed by atoms with E-state index in [9.17, 15) is 8.42 Å². The minimum atomic E-state index is -3.41. The van der Waals surface area contributed by atoms with Gasteiger partial charge in [-0.3, -0.25) is 0 Å². The van der Waals surface area contributed by atoms with E-state index in [1.54, 1.807) is 28.6 Å². The Morgan fingerprint density at radius 3 is 2.53 bits per heavy atom. The molecule has 2 N–H and O–H groups in total. The zero-order valence-electron chi connectivity index (χ0n) is 10.9. The van der Waals surface area contributed by atoms with Crippen molar-refractivity contribution in [1.82, 2.24) is 4.31 Å². The summed E-state index contributed by atoms with van der Waals surface area (Å²) in [6.45, 7) is 3.03. The topological polar surface area (TPSA) is 63.4 Å². The first-order chi connectivity index (χ1) is 8.95. The summed E-state index contributed by atoms with van der Waals surface area (Å²) in [6, 6.07) is 6.82. The third kappa shape index (κ3) is 3.18. The molecule has 1 aliphatic rings. The molecule has 4 nitrogen and oxygen atoms in total. The fraction of sp³-hybridized carbons (Fsp3) is 0.538. The van der Waals surface area contributed by atoms with Crippen LogP contribution < -0.4 is 5.73 Å². The van der Waals surface area contributed by atoms with Gasteiger partial charge in [0.1, 0.15) is 0 Å². The standard InChI is InChI=1S/C13H19BrN2O2S/c1-10-2-3-11(8-15)9-16(10)19(17,18)13-6-4-12(14)5-7-13/h4-7,10-11H,2-3,8-9,15H2,1H3. The highest BCUT2D eigenvalue weighted by atomic mass is 79.9. The van der Waals surface area contributed by atoms with Crippen molar-refractivity contribution in [2.45, 2.75) is 30.7 Å². The van der Waals surface area contributed by atoms with Crippen LogP contribution in [-0.4, -0.2) is 31.9 Å². The number of rotatable bonds is 3. The quantitative estimate of drug-likeness (QED) is 0.912. The molecule has 0 amide bonds. The van der Waals surface area contributed by atoms with E-state index in [0.717, 1.165) is 17.3 Å². The van der Waals surface area contributed by atoms with Crippen molar-refractivity contribution in [3.05, 3.63) is 28.7 Å². The Morgan fingerprint density at radius 1 is 1.32 bits per heavy atom. The van der Waals surface area contributed by atoms with Gasteiger partial charge in [-0.2, -0.15) is 4.31 Å². The first-order valence-electron chi connectivity index (χ1n) is 6.42. The van der Waals surface area contributed by atoms with Gasteiger partial charge < -0.3 is 5.73 Å². The molecule has 0 bridgehead atoms. The Morgan fingerprint density at radius 2 is 1.95 bits per heavy atom. The fourth-order valence-corrected chi connectivity index (χ4v) is 4.42. The Bertz CT molecular complexity index is 530. The monoisotopic (exact) mass is 346 g/mol. The second-order valence-electron chi connectivity index (χ2n) is 5.06. The molecule has 0 radical (unpaired) electrons. The van der Waals surface area contributed by atoms with Crippen LogP contribution in [0.3, 0.4) is 0 Å². The maximum atomic E-state index is 12.6. The number of hydrogen-bond donors (Lipinski definition) is 1. The van der Waals surface area contributed by atoms with E-state index in [1.165, 1.54) is 0 Å². The molecule has 2 unspecified atom stereocenters. The van der Waals surface area contributed by atoms with Crippen LogP contribution in [0.4, 0.5) is 0 Å². The summed E-state index contributed by atoms with van der Waals surface area (Å²) in [6.07, 6.45) is 1.88. The fourth-order valence-electron chi connectivity index (χ4n) is 2.42. The molecule has 1 aromatic rings. The molecule has 0 aromatic heterocycles. The number of benzene rings is 1. The summed E-state index contributed by atoms with van der Waals surface area (Å²) in [5, 5.41) is 0. The molecule has 1 saturated heterocycles. The van der Waals surface area contributed by atoms with Crippen molar-refractivity contribution in [2.75, 3.05) is 13.1 Å². The zero-order valence-corrected chi connectivity index (χ0v) is 13.3. The van der Waals surface area contributed by atoms with Gasteiger partial charge in [-0.05, 0) is 56.5 Å². The summed E-state index contributed by atoms with van der Waals surface area (Å²) in [7, 11) is -3.41. The normalized spacial score (nSPS) is 25.4. The smallest absolute Gasteiger partial charge is 0.243 e. The molecule has 6 heteroatoms. The van der Waals surface area contributed by atoms with Gasteiger partial charge >= 0.3 is 0 Å². The molecule has 0 saturated carbocycles. The van der Waals surface area contributed by atoms with Crippen molar-refractivity contribution < 1.29 is 8.42 Å². The van der Waals surface area contributed by atoms with Crippen LogP contribution in [0.5, 0.6) is 0 Å². The molecule has 2 rings (SSSR count). The van der Waals surface area contributed by atoms with E-state index >= 15 is 0 Å². The predicted molar refractivity (Wildman–Crippen MR) is 79.3 cm³/mol. The van der Waals surface area contributed by atoms with Crippen LogP contribution >= 0.6 is 15.9 Å². The van der Waals surface area contributed by atoms with Gasteiger partial charge in [-0.25, -0.2) is 8.42 Å². The molecule has 1 aromatic carbocycles. The number of piperidine rings is 1. The lowest BCUT2D eigenvalue weighted by Gasteiger charge is -2.36. The summed E-state index contributed by atoms with van der Waals surface area (Å²) in [5.74, 6) is 0.265. The largest absolute Gasteiger partial charge is 0.330 e. The highest BCUT2D eigenvalue weighted by Crippen LogP contribution is 2.28.